The Kier molecular flexibility index (Phi) is 7.32. The number of carbonyl (C=O) groups excluding carboxylic acids is 3. The summed E-state index contributed by atoms with van der Waals surface area (Å²) in [6.45, 7) is 1.92. The van der Waals surface area contributed by atoms with Gasteiger partial charge in [-0.25, -0.2) is 10.2 Å². The molecule has 0 spiro atoms. The van der Waals surface area contributed by atoms with Crippen LogP contribution in [-0.4, -0.2) is 31.1 Å². The number of anilines is 1. The Morgan fingerprint density at radius 2 is 1.44 bits per heavy atom. The van der Waals surface area contributed by atoms with E-state index in [1.165, 1.54) is 6.21 Å². The van der Waals surface area contributed by atoms with Crippen LogP contribution in [0.5, 0.6) is 11.5 Å². The van der Waals surface area contributed by atoms with Gasteiger partial charge in [0.25, 0.3) is 0 Å². The van der Waals surface area contributed by atoms with Gasteiger partial charge in [0.15, 0.2) is 0 Å². The van der Waals surface area contributed by atoms with Crippen LogP contribution in [0.15, 0.2) is 77.9 Å². The fourth-order valence-electron chi connectivity index (χ4n) is 2.56. The zero-order chi connectivity index (χ0) is 22.9. The van der Waals surface area contributed by atoms with Crippen LogP contribution in [0.25, 0.3) is 0 Å². The third-order valence-electron chi connectivity index (χ3n) is 4.31. The molecule has 0 aromatic heterocycles. The van der Waals surface area contributed by atoms with E-state index >= 15 is 0 Å². The number of aryl methyl sites for hydroxylation is 1. The first kappa shape index (κ1) is 22.2. The van der Waals surface area contributed by atoms with E-state index in [9.17, 15) is 14.4 Å². The van der Waals surface area contributed by atoms with Crippen LogP contribution in [0.2, 0.25) is 0 Å². The molecule has 0 aliphatic carbocycles. The first-order chi connectivity index (χ1) is 15.4. The number of hydrazone groups is 1. The van der Waals surface area contributed by atoms with Gasteiger partial charge >= 0.3 is 17.8 Å². The van der Waals surface area contributed by atoms with Gasteiger partial charge in [-0.05, 0) is 73.2 Å². The summed E-state index contributed by atoms with van der Waals surface area (Å²) >= 11 is 0. The lowest BCUT2D eigenvalue weighted by Gasteiger charge is -2.06. The SMILES string of the molecule is COc1ccc(C(=O)Oc2ccc(/C=N\NC(=O)C(=O)Nc3ccc(C)cc3)cc2)cc1. The van der Waals surface area contributed by atoms with E-state index in [1.54, 1.807) is 67.8 Å². The summed E-state index contributed by atoms with van der Waals surface area (Å²) in [5.74, 6) is -1.23. The number of hydrogen-bond acceptors (Lipinski definition) is 6. The molecule has 8 heteroatoms. The van der Waals surface area contributed by atoms with Gasteiger partial charge in [-0.3, -0.25) is 9.59 Å². The third kappa shape index (κ3) is 6.27. The van der Waals surface area contributed by atoms with Crippen LogP contribution >= 0.6 is 0 Å². The Bertz CT molecular complexity index is 1120. The summed E-state index contributed by atoms with van der Waals surface area (Å²) in [5.41, 5.74) is 4.74. The summed E-state index contributed by atoms with van der Waals surface area (Å²) in [4.78, 5) is 35.9. The minimum absolute atomic E-state index is 0.351. The number of methoxy groups -OCH3 is 1. The van der Waals surface area contributed by atoms with Gasteiger partial charge in [0.2, 0.25) is 0 Å². The number of benzene rings is 3. The highest BCUT2D eigenvalue weighted by atomic mass is 16.5. The highest BCUT2D eigenvalue weighted by Gasteiger charge is 2.12. The molecule has 3 aromatic rings. The lowest BCUT2D eigenvalue weighted by Crippen LogP contribution is -2.32. The maximum Gasteiger partial charge on any atom is 0.343 e. The average Bonchev–Trinajstić information content (AvgIpc) is 2.81. The van der Waals surface area contributed by atoms with Gasteiger partial charge in [0.05, 0.1) is 18.9 Å². The van der Waals surface area contributed by atoms with Crippen LogP contribution in [0.4, 0.5) is 5.69 Å². The van der Waals surface area contributed by atoms with Crippen LogP contribution < -0.4 is 20.2 Å². The minimum Gasteiger partial charge on any atom is -0.497 e. The summed E-state index contributed by atoms with van der Waals surface area (Å²) in [6, 6.07) is 20.1. The monoisotopic (exact) mass is 431 g/mol. The van der Waals surface area contributed by atoms with Crippen molar-refractivity contribution in [3.8, 4) is 11.5 Å². The molecule has 3 aromatic carbocycles. The van der Waals surface area contributed by atoms with Gasteiger partial charge < -0.3 is 14.8 Å². The zero-order valence-electron chi connectivity index (χ0n) is 17.5. The maximum atomic E-state index is 12.2. The minimum atomic E-state index is -0.896. The molecule has 0 saturated heterocycles. The molecule has 162 valence electrons. The molecule has 2 N–H and O–H groups in total. The molecule has 0 atom stereocenters. The highest BCUT2D eigenvalue weighted by Crippen LogP contribution is 2.16. The molecule has 0 aliphatic rings. The Labute approximate surface area is 184 Å². The Hall–Kier alpha value is -4.46. The van der Waals surface area contributed by atoms with Crippen molar-refractivity contribution in [1.29, 1.82) is 0 Å². The van der Waals surface area contributed by atoms with Crippen molar-refractivity contribution in [2.24, 2.45) is 5.10 Å². The molecule has 0 saturated carbocycles. The third-order valence-corrected chi connectivity index (χ3v) is 4.31. The van der Waals surface area contributed by atoms with Crippen LogP contribution in [0, 0.1) is 6.92 Å². The van der Waals surface area contributed by atoms with E-state index in [2.05, 4.69) is 15.8 Å². The predicted molar refractivity (Wildman–Crippen MR) is 120 cm³/mol. The van der Waals surface area contributed by atoms with E-state index in [0.717, 1.165) is 5.56 Å². The number of nitrogens with one attached hydrogen (secondary N) is 2. The molecular weight excluding hydrogens is 410 g/mol. The van der Waals surface area contributed by atoms with Crippen molar-refractivity contribution in [3.05, 3.63) is 89.5 Å². The lowest BCUT2D eigenvalue weighted by atomic mass is 10.2. The second kappa shape index (κ2) is 10.5. The van der Waals surface area contributed by atoms with Gasteiger partial charge in [0, 0.05) is 5.69 Å². The van der Waals surface area contributed by atoms with Crippen molar-refractivity contribution in [2.75, 3.05) is 12.4 Å². The summed E-state index contributed by atoms with van der Waals surface area (Å²) < 4.78 is 10.4. The molecule has 0 fully saturated rings. The zero-order valence-corrected chi connectivity index (χ0v) is 17.5. The summed E-state index contributed by atoms with van der Waals surface area (Å²) in [7, 11) is 1.55. The molecule has 2 amide bonds. The predicted octanol–water partition coefficient (Wildman–Crippen LogP) is 3.31. The van der Waals surface area contributed by atoms with Crippen molar-refractivity contribution in [1.82, 2.24) is 5.43 Å². The number of carbonyl (C=O) groups is 3. The van der Waals surface area contributed by atoms with Gasteiger partial charge in [-0.15, -0.1) is 0 Å². The molecule has 0 unspecified atom stereocenters. The van der Waals surface area contributed by atoms with Gasteiger partial charge in [-0.1, -0.05) is 17.7 Å². The molecule has 0 radical (unpaired) electrons. The second-order valence-electron chi connectivity index (χ2n) is 6.71. The van der Waals surface area contributed by atoms with E-state index in [0.29, 0.717) is 28.3 Å². The van der Waals surface area contributed by atoms with Gasteiger partial charge in [-0.2, -0.15) is 5.10 Å². The normalized spacial score (nSPS) is 10.4. The van der Waals surface area contributed by atoms with Gasteiger partial charge in [0.1, 0.15) is 11.5 Å². The number of esters is 1. The Morgan fingerprint density at radius 1 is 0.812 bits per heavy atom. The van der Waals surface area contributed by atoms with E-state index in [4.69, 9.17) is 9.47 Å². The topological polar surface area (TPSA) is 106 Å². The fourth-order valence-corrected chi connectivity index (χ4v) is 2.56. The van der Waals surface area contributed by atoms with Crippen LogP contribution in [0.1, 0.15) is 21.5 Å². The number of amides is 2. The number of hydrogen-bond donors (Lipinski definition) is 2. The standard InChI is InChI=1S/C24H21N3O5/c1-16-3-9-19(10-4-16)26-22(28)23(29)27-25-15-17-5-11-21(12-6-17)32-24(30)18-7-13-20(31-2)14-8-18/h3-15H,1-2H3,(H,26,28)(H,27,29)/b25-15-. The maximum absolute atomic E-state index is 12.2. The average molecular weight is 431 g/mol. The van der Waals surface area contributed by atoms with Crippen LogP contribution in [-0.2, 0) is 9.59 Å². The molecule has 32 heavy (non-hydrogen) atoms. The second-order valence-corrected chi connectivity index (χ2v) is 6.71. The number of rotatable bonds is 6. The smallest absolute Gasteiger partial charge is 0.343 e. The number of nitrogens with zero attached hydrogens (tertiary/aromatic N) is 1. The van der Waals surface area contributed by atoms with Crippen molar-refractivity contribution in [2.45, 2.75) is 6.92 Å². The first-order valence-electron chi connectivity index (χ1n) is 9.62. The Balaban J connectivity index is 1.49. The molecule has 3 rings (SSSR count). The highest BCUT2D eigenvalue weighted by molar-refractivity contribution is 6.39. The fraction of sp³-hybridized carbons (Fsp3) is 0.0833. The largest absolute Gasteiger partial charge is 0.497 e. The lowest BCUT2D eigenvalue weighted by molar-refractivity contribution is -0.136. The van der Waals surface area contributed by atoms with E-state index < -0.39 is 17.8 Å². The van der Waals surface area contributed by atoms with E-state index in [1.807, 2.05) is 19.1 Å². The molecular formula is C24H21N3O5. The van der Waals surface area contributed by atoms with Crippen LogP contribution in [0.3, 0.4) is 0 Å². The Morgan fingerprint density at radius 3 is 2.06 bits per heavy atom. The molecule has 0 aliphatic heterocycles. The quantitative estimate of drug-likeness (QED) is 0.205. The van der Waals surface area contributed by atoms with Crippen molar-refractivity contribution < 1.29 is 23.9 Å². The first-order valence-corrected chi connectivity index (χ1v) is 9.62. The van der Waals surface area contributed by atoms with E-state index in [-0.39, 0.29) is 0 Å². The van der Waals surface area contributed by atoms with Crippen molar-refractivity contribution in [3.63, 3.8) is 0 Å². The molecule has 8 nitrogen and oxygen atoms in total. The molecule has 0 heterocycles. The number of ether oxygens (including phenoxy) is 2. The summed E-state index contributed by atoms with van der Waals surface area (Å²) in [6.07, 6.45) is 1.37. The van der Waals surface area contributed by atoms with Crippen molar-refractivity contribution >= 4 is 29.7 Å². The molecule has 0 bridgehead atoms. The summed E-state index contributed by atoms with van der Waals surface area (Å²) in [5, 5.41) is 6.25.